The Bertz CT molecular complexity index is 986. The molecule has 0 aliphatic heterocycles. The molecule has 5 heteroatoms. The summed E-state index contributed by atoms with van der Waals surface area (Å²) in [5.41, 5.74) is 2.70. The highest BCUT2D eigenvalue weighted by molar-refractivity contribution is 5.94. The first-order chi connectivity index (χ1) is 15.5. The van der Waals surface area contributed by atoms with Gasteiger partial charge in [-0.25, -0.2) is 0 Å². The number of hydrogen-bond donors (Lipinski definition) is 1. The lowest BCUT2D eigenvalue weighted by Crippen LogP contribution is -2.34. The minimum Gasteiger partial charge on any atom is -0.484 e. The van der Waals surface area contributed by atoms with Gasteiger partial charge in [-0.1, -0.05) is 74.5 Å². The van der Waals surface area contributed by atoms with Crippen molar-refractivity contribution in [3.63, 3.8) is 0 Å². The van der Waals surface area contributed by atoms with E-state index >= 15 is 0 Å². The molecule has 0 aliphatic carbocycles. The summed E-state index contributed by atoms with van der Waals surface area (Å²) in [7, 11) is 0. The zero-order valence-electron chi connectivity index (χ0n) is 18.7. The fraction of sp³-hybridized carbons (Fsp3) is 0.259. The summed E-state index contributed by atoms with van der Waals surface area (Å²) < 4.78 is 5.69. The van der Waals surface area contributed by atoms with Gasteiger partial charge in [0.1, 0.15) is 5.75 Å². The van der Waals surface area contributed by atoms with Crippen LogP contribution in [0.2, 0.25) is 0 Å². The number of nitrogens with zero attached hydrogens (tertiary/aromatic N) is 1. The number of hydrogen-bond acceptors (Lipinski definition) is 3. The van der Waals surface area contributed by atoms with Gasteiger partial charge in [0, 0.05) is 12.2 Å². The summed E-state index contributed by atoms with van der Waals surface area (Å²) in [4.78, 5) is 26.9. The first-order valence-corrected chi connectivity index (χ1v) is 10.9. The van der Waals surface area contributed by atoms with Crippen molar-refractivity contribution in [1.82, 2.24) is 5.32 Å². The highest BCUT2D eigenvalue weighted by Crippen LogP contribution is 2.20. The zero-order chi connectivity index (χ0) is 22.8. The maximum atomic E-state index is 13.1. The minimum atomic E-state index is -0.139. The van der Waals surface area contributed by atoms with E-state index in [-0.39, 0.29) is 18.4 Å². The third kappa shape index (κ3) is 7.27. The van der Waals surface area contributed by atoms with Gasteiger partial charge >= 0.3 is 0 Å². The second-order valence-electron chi connectivity index (χ2n) is 8.11. The van der Waals surface area contributed by atoms with Crippen molar-refractivity contribution in [3.05, 3.63) is 96.1 Å². The fourth-order valence-electron chi connectivity index (χ4n) is 3.19. The molecule has 0 atom stereocenters. The SMILES string of the molecule is CC(C)CNC(=O)Cc1ccc(N(Cc2ccccc2)C(=O)COc2ccccc2)cc1. The quantitative estimate of drug-likeness (QED) is 0.511. The summed E-state index contributed by atoms with van der Waals surface area (Å²) >= 11 is 0. The third-order valence-electron chi connectivity index (χ3n) is 4.91. The number of para-hydroxylation sites is 1. The van der Waals surface area contributed by atoms with Crippen LogP contribution >= 0.6 is 0 Å². The summed E-state index contributed by atoms with van der Waals surface area (Å²) in [6.45, 7) is 5.17. The standard InChI is InChI=1S/C27H30N2O3/c1-21(2)18-28-26(30)17-22-13-15-24(16-14-22)29(19-23-9-5-3-6-10-23)27(31)20-32-25-11-7-4-8-12-25/h3-16,21H,17-20H2,1-2H3,(H,28,30). The molecule has 0 saturated carbocycles. The van der Waals surface area contributed by atoms with Gasteiger partial charge < -0.3 is 15.0 Å². The van der Waals surface area contributed by atoms with Crippen LogP contribution < -0.4 is 15.0 Å². The topological polar surface area (TPSA) is 58.6 Å². The lowest BCUT2D eigenvalue weighted by molar-refractivity contribution is -0.121. The number of carbonyl (C=O) groups excluding carboxylic acids is 2. The molecule has 32 heavy (non-hydrogen) atoms. The number of ether oxygens (including phenoxy) is 1. The molecule has 0 unspecified atom stereocenters. The van der Waals surface area contributed by atoms with Gasteiger partial charge in [0.25, 0.3) is 5.91 Å². The highest BCUT2D eigenvalue weighted by atomic mass is 16.5. The number of anilines is 1. The van der Waals surface area contributed by atoms with Crippen LogP contribution in [0.1, 0.15) is 25.0 Å². The van der Waals surface area contributed by atoms with Crippen LogP contribution in [0.5, 0.6) is 5.75 Å². The van der Waals surface area contributed by atoms with Gasteiger partial charge in [-0.15, -0.1) is 0 Å². The predicted octanol–water partition coefficient (Wildman–Crippen LogP) is 4.61. The van der Waals surface area contributed by atoms with E-state index in [9.17, 15) is 9.59 Å². The Hall–Kier alpha value is -3.60. The molecule has 0 heterocycles. The molecule has 3 aromatic rings. The molecule has 2 amide bonds. The predicted molar refractivity (Wildman–Crippen MR) is 128 cm³/mol. The number of nitrogens with one attached hydrogen (secondary N) is 1. The maximum absolute atomic E-state index is 13.1. The smallest absolute Gasteiger partial charge is 0.265 e. The molecule has 0 spiro atoms. The Balaban J connectivity index is 1.70. The number of carbonyl (C=O) groups is 2. The van der Waals surface area contributed by atoms with Crippen LogP contribution in [0.25, 0.3) is 0 Å². The van der Waals surface area contributed by atoms with Gasteiger partial charge in [-0.3, -0.25) is 9.59 Å². The molecule has 0 radical (unpaired) electrons. The van der Waals surface area contributed by atoms with E-state index in [0.717, 1.165) is 16.8 Å². The number of amides is 2. The number of rotatable bonds is 10. The van der Waals surface area contributed by atoms with Gasteiger partial charge in [-0.05, 0) is 41.3 Å². The molecule has 0 aliphatic rings. The van der Waals surface area contributed by atoms with Gasteiger partial charge in [-0.2, -0.15) is 0 Å². The van der Waals surface area contributed by atoms with Crippen LogP contribution in [0.4, 0.5) is 5.69 Å². The zero-order valence-corrected chi connectivity index (χ0v) is 18.7. The van der Waals surface area contributed by atoms with Crippen LogP contribution in [-0.2, 0) is 22.6 Å². The van der Waals surface area contributed by atoms with E-state index in [0.29, 0.717) is 31.2 Å². The summed E-state index contributed by atoms with van der Waals surface area (Å²) in [6.07, 6.45) is 0.316. The average molecular weight is 431 g/mol. The first-order valence-electron chi connectivity index (χ1n) is 10.9. The van der Waals surface area contributed by atoms with Gasteiger partial charge in [0.05, 0.1) is 13.0 Å². The van der Waals surface area contributed by atoms with Crippen LogP contribution in [-0.4, -0.2) is 25.0 Å². The Labute approximate surface area is 190 Å². The van der Waals surface area contributed by atoms with Crippen molar-refractivity contribution >= 4 is 17.5 Å². The van der Waals surface area contributed by atoms with E-state index < -0.39 is 0 Å². The van der Waals surface area contributed by atoms with Crippen molar-refractivity contribution in [2.75, 3.05) is 18.1 Å². The molecule has 3 rings (SSSR count). The van der Waals surface area contributed by atoms with E-state index in [1.165, 1.54) is 0 Å². The van der Waals surface area contributed by atoms with Crippen molar-refractivity contribution in [1.29, 1.82) is 0 Å². The first kappa shape index (κ1) is 23.1. The van der Waals surface area contributed by atoms with Crippen LogP contribution in [0.15, 0.2) is 84.9 Å². The van der Waals surface area contributed by atoms with E-state index in [2.05, 4.69) is 19.2 Å². The number of benzene rings is 3. The summed E-state index contributed by atoms with van der Waals surface area (Å²) in [5, 5.41) is 2.93. The molecule has 5 nitrogen and oxygen atoms in total. The minimum absolute atomic E-state index is 0.0000656. The monoisotopic (exact) mass is 430 g/mol. The van der Waals surface area contributed by atoms with E-state index in [4.69, 9.17) is 4.74 Å². The fourth-order valence-corrected chi connectivity index (χ4v) is 3.19. The summed E-state index contributed by atoms with van der Waals surface area (Å²) in [6, 6.07) is 26.7. The van der Waals surface area contributed by atoms with Crippen molar-refractivity contribution in [2.45, 2.75) is 26.8 Å². The Morgan fingerprint density at radius 2 is 1.47 bits per heavy atom. The van der Waals surface area contributed by atoms with Crippen LogP contribution in [0, 0.1) is 5.92 Å². The van der Waals surface area contributed by atoms with Crippen molar-refractivity contribution in [3.8, 4) is 5.75 Å². The van der Waals surface area contributed by atoms with Crippen molar-refractivity contribution < 1.29 is 14.3 Å². The normalized spacial score (nSPS) is 10.6. The average Bonchev–Trinajstić information content (AvgIpc) is 2.82. The molecule has 166 valence electrons. The maximum Gasteiger partial charge on any atom is 0.265 e. The molecule has 0 saturated heterocycles. The van der Waals surface area contributed by atoms with Crippen LogP contribution in [0.3, 0.4) is 0 Å². The molecular weight excluding hydrogens is 400 g/mol. The molecule has 1 N–H and O–H groups in total. The Morgan fingerprint density at radius 1 is 0.844 bits per heavy atom. The lowest BCUT2D eigenvalue weighted by atomic mass is 10.1. The molecular formula is C27H30N2O3. The second kappa shape index (κ2) is 11.7. The third-order valence-corrected chi connectivity index (χ3v) is 4.91. The molecule has 0 aromatic heterocycles. The van der Waals surface area contributed by atoms with Gasteiger partial charge in [0.15, 0.2) is 6.61 Å². The van der Waals surface area contributed by atoms with Crippen molar-refractivity contribution in [2.24, 2.45) is 5.92 Å². The Kier molecular flexibility index (Phi) is 8.44. The molecule has 0 fully saturated rings. The second-order valence-corrected chi connectivity index (χ2v) is 8.11. The molecule has 0 bridgehead atoms. The largest absolute Gasteiger partial charge is 0.484 e. The lowest BCUT2D eigenvalue weighted by Gasteiger charge is -2.23. The Morgan fingerprint density at radius 3 is 2.09 bits per heavy atom. The summed E-state index contributed by atoms with van der Waals surface area (Å²) in [5.74, 6) is 0.931. The van der Waals surface area contributed by atoms with E-state index in [1.807, 2.05) is 84.9 Å². The van der Waals surface area contributed by atoms with Gasteiger partial charge in [0.2, 0.25) is 5.91 Å². The van der Waals surface area contributed by atoms with E-state index in [1.54, 1.807) is 4.90 Å². The molecule has 3 aromatic carbocycles. The highest BCUT2D eigenvalue weighted by Gasteiger charge is 2.17.